The van der Waals surface area contributed by atoms with E-state index in [0.29, 0.717) is 11.4 Å². The maximum atomic E-state index is 11.6. The second-order valence-corrected chi connectivity index (χ2v) is 3.14. The maximum Gasteiger partial charge on any atom is 0.418 e. The molecule has 5 nitrogen and oxygen atoms in total. The Morgan fingerprint density at radius 3 is 3.06 bits per heavy atom. The summed E-state index contributed by atoms with van der Waals surface area (Å²) in [5.74, 6) is 0.516. The highest BCUT2D eigenvalue weighted by atomic mass is 16.6. The van der Waals surface area contributed by atoms with Crippen molar-refractivity contribution in [2.75, 3.05) is 11.5 Å². The third-order valence-electron chi connectivity index (χ3n) is 2.17. The van der Waals surface area contributed by atoms with E-state index in [0.717, 1.165) is 0 Å². The number of hydrogen-bond acceptors (Lipinski definition) is 4. The number of nitriles is 1. The van der Waals surface area contributed by atoms with Crippen LogP contribution in [0.3, 0.4) is 0 Å². The zero-order valence-corrected chi connectivity index (χ0v) is 8.71. The molecule has 0 N–H and O–H groups in total. The van der Waals surface area contributed by atoms with Crippen LogP contribution in [0, 0.1) is 11.3 Å². The lowest BCUT2D eigenvalue weighted by atomic mass is 10.3. The molecular formula is C11H10N2O3. The Balaban J connectivity index is 2.35. The Morgan fingerprint density at radius 1 is 1.62 bits per heavy atom. The second kappa shape index (κ2) is 4.11. The van der Waals surface area contributed by atoms with Gasteiger partial charge in [0.2, 0.25) is 0 Å². The smallest absolute Gasteiger partial charge is 0.418 e. The van der Waals surface area contributed by atoms with Crippen LogP contribution in [0.2, 0.25) is 0 Å². The number of carbonyl (C=O) groups excluding carboxylic acids is 1. The minimum Gasteiger partial charge on any atom is -0.454 e. The van der Waals surface area contributed by atoms with Crippen LogP contribution in [-0.4, -0.2) is 18.9 Å². The van der Waals surface area contributed by atoms with Crippen molar-refractivity contribution >= 4 is 11.8 Å². The van der Waals surface area contributed by atoms with Gasteiger partial charge in [-0.2, -0.15) is 5.26 Å². The molecular weight excluding hydrogens is 208 g/mol. The summed E-state index contributed by atoms with van der Waals surface area (Å²) in [4.78, 5) is 12.9. The van der Waals surface area contributed by atoms with Gasteiger partial charge in [0.1, 0.15) is 11.8 Å². The molecule has 1 aromatic rings. The summed E-state index contributed by atoms with van der Waals surface area (Å²) in [6.45, 7) is 1.97. The lowest BCUT2D eigenvalue weighted by Gasteiger charge is -2.16. The van der Waals surface area contributed by atoms with Crippen LogP contribution in [0.15, 0.2) is 24.3 Å². The standard InChI is InChI=1S/C11H10N2O3/c1-2-15-11(14)13-8-5-3-4-6-9(8)16-10(13)7-12/h3-6,10H,2H2,1H3. The number of benzene rings is 1. The SMILES string of the molecule is CCOC(=O)N1c2ccccc2OC1C#N. The largest absolute Gasteiger partial charge is 0.454 e. The van der Waals surface area contributed by atoms with Gasteiger partial charge < -0.3 is 9.47 Å². The van der Waals surface area contributed by atoms with Gasteiger partial charge >= 0.3 is 6.09 Å². The Hall–Kier alpha value is -2.22. The minimum atomic E-state index is -0.948. The lowest BCUT2D eigenvalue weighted by molar-refractivity contribution is 0.151. The van der Waals surface area contributed by atoms with Gasteiger partial charge in [-0.15, -0.1) is 0 Å². The number of fused-ring (bicyclic) bond motifs is 1. The van der Waals surface area contributed by atoms with Crippen molar-refractivity contribution in [1.82, 2.24) is 0 Å². The monoisotopic (exact) mass is 218 g/mol. The van der Waals surface area contributed by atoms with Gasteiger partial charge in [-0.3, -0.25) is 0 Å². The summed E-state index contributed by atoms with van der Waals surface area (Å²) in [5.41, 5.74) is 0.563. The molecule has 0 spiro atoms. The van der Waals surface area contributed by atoms with E-state index in [2.05, 4.69) is 0 Å². The highest BCUT2D eigenvalue weighted by Gasteiger charge is 2.36. The fourth-order valence-electron chi connectivity index (χ4n) is 1.53. The molecule has 0 radical (unpaired) electrons. The topological polar surface area (TPSA) is 62.6 Å². The summed E-state index contributed by atoms with van der Waals surface area (Å²) >= 11 is 0. The van der Waals surface area contributed by atoms with E-state index in [1.165, 1.54) is 4.90 Å². The minimum absolute atomic E-state index is 0.260. The van der Waals surface area contributed by atoms with Crippen molar-refractivity contribution in [2.45, 2.75) is 13.2 Å². The summed E-state index contributed by atoms with van der Waals surface area (Å²) < 4.78 is 10.2. The molecule has 16 heavy (non-hydrogen) atoms. The Kier molecular flexibility index (Phi) is 2.64. The van der Waals surface area contributed by atoms with Crippen LogP contribution < -0.4 is 9.64 Å². The number of hydrogen-bond donors (Lipinski definition) is 0. The van der Waals surface area contributed by atoms with Gasteiger partial charge in [-0.05, 0) is 19.1 Å². The van der Waals surface area contributed by atoms with E-state index in [-0.39, 0.29) is 6.61 Å². The van der Waals surface area contributed by atoms with Gasteiger partial charge in [0.05, 0.1) is 12.3 Å². The fraction of sp³-hybridized carbons (Fsp3) is 0.273. The summed E-state index contributed by atoms with van der Waals surface area (Å²) in [6.07, 6.45) is -1.52. The molecule has 1 aliphatic rings. The van der Waals surface area contributed by atoms with Crippen LogP contribution in [0.5, 0.6) is 5.75 Å². The normalized spacial score (nSPS) is 17.2. The first-order valence-corrected chi connectivity index (χ1v) is 4.89. The third kappa shape index (κ3) is 1.54. The van der Waals surface area contributed by atoms with Crippen molar-refractivity contribution in [3.05, 3.63) is 24.3 Å². The molecule has 1 atom stereocenters. The molecule has 0 bridgehead atoms. The van der Waals surface area contributed by atoms with Crippen molar-refractivity contribution in [1.29, 1.82) is 5.26 Å². The summed E-state index contributed by atoms with van der Waals surface area (Å²) in [6, 6.07) is 8.87. The van der Waals surface area contributed by atoms with Crippen molar-refractivity contribution in [3.63, 3.8) is 0 Å². The summed E-state index contributed by atoms with van der Waals surface area (Å²) in [5, 5.41) is 8.90. The first-order valence-electron chi connectivity index (χ1n) is 4.89. The molecule has 0 aliphatic carbocycles. The molecule has 1 aromatic carbocycles. The second-order valence-electron chi connectivity index (χ2n) is 3.14. The first kappa shape index (κ1) is 10.3. The molecule has 0 saturated heterocycles. The van der Waals surface area contributed by atoms with Gasteiger partial charge in [-0.1, -0.05) is 12.1 Å². The van der Waals surface area contributed by atoms with Crippen LogP contribution in [0.25, 0.3) is 0 Å². The number of amides is 1. The Labute approximate surface area is 92.8 Å². The van der Waals surface area contributed by atoms with E-state index in [4.69, 9.17) is 14.7 Å². The third-order valence-corrected chi connectivity index (χ3v) is 2.17. The predicted octanol–water partition coefficient (Wildman–Crippen LogP) is 1.89. The molecule has 5 heteroatoms. The van der Waals surface area contributed by atoms with Crippen molar-refractivity contribution < 1.29 is 14.3 Å². The maximum absolute atomic E-state index is 11.6. The van der Waals surface area contributed by atoms with E-state index in [1.54, 1.807) is 31.2 Å². The van der Waals surface area contributed by atoms with Crippen LogP contribution in [-0.2, 0) is 4.74 Å². The lowest BCUT2D eigenvalue weighted by Crippen LogP contribution is -2.39. The van der Waals surface area contributed by atoms with Crippen LogP contribution >= 0.6 is 0 Å². The van der Waals surface area contributed by atoms with Crippen molar-refractivity contribution in [3.8, 4) is 11.8 Å². The Bertz CT molecular complexity index is 453. The highest BCUT2D eigenvalue weighted by Crippen LogP contribution is 2.36. The Morgan fingerprint density at radius 2 is 2.38 bits per heavy atom. The van der Waals surface area contributed by atoms with Crippen molar-refractivity contribution in [2.24, 2.45) is 0 Å². The molecule has 0 saturated carbocycles. The number of para-hydroxylation sites is 2. The number of ether oxygens (including phenoxy) is 2. The van der Waals surface area contributed by atoms with E-state index in [9.17, 15) is 4.79 Å². The first-order chi connectivity index (χ1) is 7.77. The number of nitrogens with zero attached hydrogens (tertiary/aromatic N) is 2. The van der Waals surface area contributed by atoms with E-state index >= 15 is 0 Å². The average molecular weight is 218 g/mol. The van der Waals surface area contributed by atoms with Crippen LogP contribution in [0.1, 0.15) is 6.92 Å². The summed E-state index contributed by atoms with van der Waals surface area (Å²) in [7, 11) is 0. The van der Waals surface area contributed by atoms with Gasteiger partial charge in [0.15, 0.2) is 0 Å². The quantitative estimate of drug-likeness (QED) is 0.722. The average Bonchev–Trinajstić information content (AvgIpc) is 2.67. The molecule has 1 amide bonds. The predicted molar refractivity (Wildman–Crippen MR) is 56.0 cm³/mol. The molecule has 1 unspecified atom stereocenters. The molecule has 0 fully saturated rings. The molecule has 1 aliphatic heterocycles. The van der Waals surface area contributed by atoms with Crippen LogP contribution in [0.4, 0.5) is 10.5 Å². The zero-order valence-electron chi connectivity index (χ0n) is 8.71. The fourth-order valence-corrected chi connectivity index (χ4v) is 1.53. The molecule has 2 rings (SSSR count). The zero-order chi connectivity index (χ0) is 11.5. The molecule has 82 valence electrons. The molecule has 1 heterocycles. The van der Waals surface area contributed by atoms with Gasteiger partial charge in [0.25, 0.3) is 6.23 Å². The highest BCUT2D eigenvalue weighted by molar-refractivity contribution is 5.92. The van der Waals surface area contributed by atoms with E-state index < -0.39 is 12.3 Å². The number of anilines is 1. The van der Waals surface area contributed by atoms with Gasteiger partial charge in [-0.25, -0.2) is 9.69 Å². The number of carbonyl (C=O) groups is 1. The molecule has 0 aromatic heterocycles. The number of rotatable bonds is 1. The van der Waals surface area contributed by atoms with E-state index in [1.807, 2.05) is 6.07 Å². The van der Waals surface area contributed by atoms with Gasteiger partial charge in [0, 0.05) is 0 Å².